The molecule has 0 spiro atoms. The minimum absolute atomic E-state index is 0.0349. The number of anilines is 1. The van der Waals surface area contributed by atoms with Gasteiger partial charge in [0.05, 0.1) is 17.5 Å². The molecule has 24 heavy (non-hydrogen) atoms. The summed E-state index contributed by atoms with van der Waals surface area (Å²) in [6.07, 6.45) is 0. The van der Waals surface area contributed by atoms with Crippen LogP contribution in [0.25, 0.3) is 0 Å². The molecule has 128 valence electrons. The second-order valence-corrected chi connectivity index (χ2v) is 9.26. The van der Waals surface area contributed by atoms with Crippen molar-refractivity contribution in [3.63, 3.8) is 0 Å². The van der Waals surface area contributed by atoms with Crippen LogP contribution in [0.3, 0.4) is 0 Å². The number of nitrogens with zero attached hydrogens (tertiary/aromatic N) is 2. The lowest BCUT2D eigenvalue weighted by Gasteiger charge is -2.24. The van der Waals surface area contributed by atoms with Gasteiger partial charge in [0.1, 0.15) is 5.88 Å². The Balaban J connectivity index is 1.75. The lowest BCUT2D eigenvalue weighted by Crippen LogP contribution is -2.37. The standard InChI is InChI=1S/C14H13ClN2O5S2/c15-4-13(18)16-14-17(9-5-24(19,20)6-12(9)23-14)8-1-2-10-11(3-8)22-7-21-10/h1-3,9,12H,4-7H2/t9-,12+/m0/s1. The third kappa shape index (κ3) is 2.74. The average Bonchev–Trinajstić information content (AvgIpc) is 3.18. The zero-order valence-corrected chi connectivity index (χ0v) is 14.7. The van der Waals surface area contributed by atoms with Crippen molar-refractivity contribution in [3.05, 3.63) is 18.2 Å². The summed E-state index contributed by atoms with van der Waals surface area (Å²) in [5, 5.41) is 0.326. The number of rotatable bonds is 2. The smallest absolute Gasteiger partial charge is 0.262 e. The second kappa shape index (κ2) is 5.82. The number of hydrogen-bond donors (Lipinski definition) is 0. The van der Waals surface area contributed by atoms with E-state index in [2.05, 4.69) is 4.99 Å². The van der Waals surface area contributed by atoms with Gasteiger partial charge in [0.2, 0.25) is 6.79 Å². The van der Waals surface area contributed by atoms with Crippen LogP contribution in [0.4, 0.5) is 5.69 Å². The minimum Gasteiger partial charge on any atom is -0.454 e. The molecule has 2 saturated heterocycles. The van der Waals surface area contributed by atoms with E-state index in [4.69, 9.17) is 21.1 Å². The van der Waals surface area contributed by atoms with Crippen LogP contribution in [0.2, 0.25) is 0 Å². The number of hydrogen-bond acceptors (Lipinski definition) is 6. The normalized spacial score (nSPS) is 28.4. The minimum atomic E-state index is -3.10. The van der Waals surface area contributed by atoms with Crippen LogP contribution in [0, 0.1) is 0 Å². The van der Waals surface area contributed by atoms with E-state index in [9.17, 15) is 13.2 Å². The summed E-state index contributed by atoms with van der Waals surface area (Å²) in [5.74, 6) is 0.672. The van der Waals surface area contributed by atoms with Crippen LogP contribution in [0.5, 0.6) is 11.5 Å². The number of halogens is 1. The molecule has 1 aromatic carbocycles. The lowest BCUT2D eigenvalue weighted by molar-refractivity contribution is -0.115. The molecule has 2 fully saturated rings. The van der Waals surface area contributed by atoms with Crippen molar-refractivity contribution >= 4 is 50.0 Å². The van der Waals surface area contributed by atoms with Crippen molar-refractivity contribution in [2.75, 3.05) is 29.1 Å². The van der Waals surface area contributed by atoms with Gasteiger partial charge in [-0.15, -0.1) is 11.6 Å². The molecule has 0 saturated carbocycles. The summed E-state index contributed by atoms with van der Waals surface area (Å²) < 4.78 is 34.6. The molecule has 1 aromatic rings. The quantitative estimate of drug-likeness (QED) is 0.705. The predicted octanol–water partition coefficient (Wildman–Crippen LogP) is 1.26. The first-order valence-electron chi connectivity index (χ1n) is 7.20. The number of fused-ring (bicyclic) bond motifs is 2. The summed E-state index contributed by atoms with van der Waals surface area (Å²) in [6, 6.07) is 5.08. The van der Waals surface area contributed by atoms with Gasteiger partial charge in [0.25, 0.3) is 5.91 Å². The van der Waals surface area contributed by atoms with Gasteiger partial charge in [-0.05, 0) is 12.1 Å². The van der Waals surface area contributed by atoms with Gasteiger partial charge in [0.15, 0.2) is 26.5 Å². The van der Waals surface area contributed by atoms with Gasteiger partial charge in [-0.1, -0.05) is 11.8 Å². The fourth-order valence-corrected chi connectivity index (χ4v) is 7.03. The van der Waals surface area contributed by atoms with Crippen molar-refractivity contribution in [1.82, 2.24) is 0 Å². The second-order valence-electron chi connectivity index (χ2n) is 5.63. The molecular formula is C14H13ClN2O5S2. The molecule has 0 bridgehead atoms. The zero-order valence-electron chi connectivity index (χ0n) is 12.3. The van der Waals surface area contributed by atoms with Gasteiger partial charge >= 0.3 is 0 Å². The number of alkyl halides is 1. The molecule has 2 atom stereocenters. The Morgan fingerprint density at radius 1 is 1.33 bits per heavy atom. The first kappa shape index (κ1) is 16.0. The van der Waals surface area contributed by atoms with E-state index >= 15 is 0 Å². The summed E-state index contributed by atoms with van der Waals surface area (Å²) in [5.41, 5.74) is 0.720. The van der Waals surface area contributed by atoms with Crippen LogP contribution in [0.15, 0.2) is 23.2 Å². The third-order valence-electron chi connectivity index (χ3n) is 4.04. The van der Waals surface area contributed by atoms with Gasteiger partial charge < -0.3 is 14.4 Å². The molecule has 10 heteroatoms. The first-order valence-corrected chi connectivity index (χ1v) is 10.4. The van der Waals surface area contributed by atoms with Crippen LogP contribution < -0.4 is 14.4 Å². The van der Waals surface area contributed by atoms with Crippen LogP contribution in [0.1, 0.15) is 0 Å². The number of thioether (sulfide) groups is 1. The number of benzene rings is 1. The maximum Gasteiger partial charge on any atom is 0.262 e. The first-order chi connectivity index (χ1) is 11.5. The fourth-order valence-electron chi connectivity index (χ4n) is 3.04. The fraction of sp³-hybridized carbons (Fsp3) is 0.429. The molecule has 0 radical (unpaired) electrons. The van der Waals surface area contributed by atoms with Crippen LogP contribution >= 0.6 is 23.4 Å². The van der Waals surface area contributed by atoms with Crippen molar-refractivity contribution in [1.29, 1.82) is 0 Å². The van der Waals surface area contributed by atoms with E-state index in [1.807, 2.05) is 6.07 Å². The van der Waals surface area contributed by atoms with E-state index < -0.39 is 15.7 Å². The molecule has 7 nitrogen and oxygen atoms in total. The van der Waals surface area contributed by atoms with Gasteiger partial charge in [0, 0.05) is 17.0 Å². The number of amidine groups is 1. The molecule has 4 rings (SSSR count). The number of aliphatic imine (C=N–C) groups is 1. The third-order valence-corrected chi connectivity index (χ3v) is 7.47. The Hall–Kier alpha value is -1.45. The zero-order chi connectivity index (χ0) is 16.9. The maximum absolute atomic E-state index is 12.0. The highest BCUT2D eigenvalue weighted by atomic mass is 35.5. The van der Waals surface area contributed by atoms with E-state index in [-0.39, 0.29) is 35.5 Å². The van der Waals surface area contributed by atoms with E-state index in [0.717, 1.165) is 5.69 Å². The number of amides is 1. The Morgan fingerprint density at radius 2 is 2.12 bits per heavy atom. The Bertz CT molecular complexity index is 842. The molecule has 3 aliphatic rings. The van der Waals surface area contributed by atoms with Crippen LogP contribution in [-0.4, -0.2) is 55.0 Å². The molecule has 3 heterocycles. The monoisotopic (exact) mass is 388 g/mol. The van der Waals surface area contributed by atoms with E-state index in [1.54, 1.807) is 17.0 Å². The van der Waals surface area contributed by atoms with Gasteiger partial charge in [-0.2, -0.15) is 4.99 Å². The Labute approximate surface area is 147 Å². The molecule has 0 aliphatic carbocycles. The highest BCUT2D eigenvalue weighted by molar-refractivity contribution is 8.16. The molecule has 1 amide bonds. The molecule has 0 N–H and O–H groups in total. The van der Waals surface area contributed by atoms with E-state index in [0.29, 0.717) is 16.7 Å². The van der Waals surface area contributed by atoms with Gasteiger partial charge in [-0.3, -0.25) is 4.79 Å². The van der Waals surface area contributed by atoms with Crippen molar-refractivity contribution in [3.8, 4) is 11.5 Å². The number of carbonyl (C=O) groups is 1. The van der Waals surface area contributed by atoms with Crippen LogP contribution in [-0.2, 0) is 14.6 Å². The topological polar surface area (TPSA) is 85.3 Å². The maximum atomic E-state index is 12.0. The highest BCUT2D eigenvalue weighted by Gasteiger charge is 2.49. The molecule has 0 unspecified atom stereocenters. The number of carbonyl (C=O) groups excluding carboxylic acids is 1. The summed E-state index contributed by atoms with van der Waals surface area (Å²) in [7, 11) is -3.10. The SMILES string of the molecule is O=C(CCl)N=C1S[C@@H]2CS(=O)(=O)C[C@@H]2N1c1ccc2c(c1)OCO2. The van der Waals surface area contributed by atoms with Crippen molar-refractivity contribution in [2.24, 2.45) is 4.99 Å². The Kier molecular flexibility index (Phi) is 3.89. The number of sulfone groups is 1. The molecule has 0 aromatic heterocycles. The predicted molar refractivity (Wildman–Crippen MR) is 92.0 cm³/mol. The highest BCUT2D eigenvalue weighted by Crippen LogP contribution is 2.43. The van der Waals surface area contributed by atoms with E-state index in [1.165, 1.54) is 11.8 Å². The average molecular weight is 389 g/mol. The van der Waals surface area contributed by atoms with Gasteiger partial charge in [-0.25, -0.2) is 8.42 Å². The summed E-state index contributed by atoms with van der Waals surface area (Å²) in [6.45, 7) is 0.152. The van der Waals surface area contributed by atoms with Crippen molar-refractivity contribution in [2.45, 2.75) is 11.3 Å². The van der Waals surface area contributed by atoms with Crippen molar-refractivity contribution < 1.29 is 22.7 Å². The summed E-state index contributed by atoms with van der Waals surface area (Å²) >= 11 is 6.86. The Morgan fingerprint density at radius 3 is 2.92 bits per heavy atom. The summed E-state index contributed by atoms with van der Waals surface area (Å²) in [4.78, 5) is 17.5. The molecular weight excluding hydrogens is 376 g/mol. The molecule has 3 aliphatic heterocycles. The number of ether oxygens (including phenoxy) is 2. The largest absolute Gasteiger partial charge is 0.454 e. The lowest BCUT2D eigenvalue weighted by atomic mass is 10.2.